The molecule has 0 aliphatic carbocycles. The molecule has 0 amide bonds. The molecule has 8 rings (SSSR count). The second kappa shape index (κ2) is 36.4. The fourth-order valence-corrected chi connectivity index (χ4v) is 9.72. The van der Waals surface area contributed by atoms with Crippen LogP contribution >= 0.6 is 55.4 Å². The highest BCUT2D eigenvalue weighted by Crippen LogP contribution is 2.36. The van der Waals surface area contributed by atoms with Gasteiger partial charge in [0.1, 0.15) is 11.5 Å². The number of hydrogen-bond donors (Lipinski definition) is 0. The third kappa shape index (κ3) is 17.4. The van der Waals surface area contributed by atoms with E-state index in [0.29, 0.717) is 0 Å². The van der Waals surface area contributed by atoms with Crippen molar-refractivity contribution in [1.29, 1.82) is 0 Å². The van der Waals surface area contributed by atoms with Gasteiger partial charge in [-0.1, -0.05) is 223 Å². The van der Waals surface area contributed by atoms with Crippen LogP contribution in [0.3, 0.4) is 0 Å². The summed E-state index contributed by atoms with van der Waals surface area (Å²) in [6.07, 6.45) is 0. The van der Waals surface area contributed by atoms with Crippen LogP contribution in [0.15, 0.2) is 146 Å². The fraction of sp³-hybridized carbons (Fsp3) is 0.267. The summed E-state index contributed by atoms with van der Waals surface area (Å²) >= 11 is 0. The molecule has 6 unspecified atom stereocenters. The molecule has 8 aromatic rings. The van der Waals surface area contributed by atoms with E-state index in [2.05, 4.69) is 178 Å². The van der Waals surface area contributed by atoms with Gasteiger partial charge in [-0.2, -0.15) is 0 Å². The number of hydrogen-bond acceptors (Lipinski definition) is 2. The summed E-state index contributed by atoms with van der Waals surface area (Å²) in [5, 5.41) is 12.3. The van der Waals surface area contributed by atoms with Gasteiger partial charge < -0.3 is 9.47 Å². The van der Waals surface area contributed by atoms with Crippen LogP contribution in [-0.4, -0.2) is 14.2 Å². The molecule has 0 N–H and O–H groups in total. The van der Waals surface area contributed by atoms with E-state index in [1.165, 1.54) is 76.1 Å². The summed E-state index contributed by atoms with van der Waals surface area (Å²) in [6, 6.07) is 50.7. The Morgan fingerprint density at radius 2 is 0.529 bits per heavy atom. The third-order valence-corrected chi connectivity index (χ3v) is 12.7. The predicted molar refractivity (Wildman–Crippen MR) is 350 cm³/mol. The summed E-state index contributed by atoms with van der Waals surface area (Å²) in [6.45, 7) is 4.33. The van der Waals surface area contributed by atoms with Gasteiger partial charge >= 0.3 is 0 Å². The highest BCUT2D eigenvalue weighted by atomic mass is 31.0. The fourth-order valence-electron chi connectivity index (χ4n) is 7.17. The van der Waals surface area contributed by atoms with Gasteiger partial charge in [-0.3, -0.25) is 0 Å². The van der Waals surface area contributed by atoms with E-state index >= 15 is 0 Å². The molecule has 8 heteroatoms. The van der Waals surface area contributed by atoms with Crippen LogP contribution in [0.5, 0.6) is 11.5 Å². The molecule has 0 heterocycles. The highest BCUT2D eigenvalue weighted by Gasteiger charge is 2.17. The number of aryl methyl sites for hydroxylation is 2. The molecule has 0 spiro atoms. The Labute approximate surface area is 434 Å². The Hall–Kier alpha value is -3.54. The highest BCUT2D eigenvalue weighted by molar-refractivity contribution is 7.30. The lowest BCUT2D eigenvalue weighted by Crippen LogP contribution is -2.07. The molecule has 6 atom stereocenters. The SMILES string of the molecule is C.C.C.C.C.C.C.C.C.C.C.C.COc1cccc(P)c1-c1c(P)cccc1OC.Cc1cccc(P)c1-c1c(C)cccc1P.Pc1ccc2ccccc2c1-c1c(P)ccc2ccccc12. The molecule has 68 heavy (non-hydrogen) atoms. The minimum atomic E-state index is 0. The molecule has 2 nitrogen and oxygen atoms in total. The zero-order chi connectivity index (χ0) is 39.9. The average molecular weight is 1040 g/mol. The van der Waals surface area contributed by atoms with Crippen molar-refractivity contribution < 1.29 is 9.47 Å². The van der Waals surface area contributed by atoms with Gasteiger partial charge in [-0.05, 0) is 113 Å². The van der Waals surface area contributed by atoms with E-state index in [1.807, 2.05) is 36.4 Å². The molecule has 0 saturated heterocycles. The van der Waals surface area contributed by atoms with Crippen molar-refractivity contribution in [3.8, 4) is 44.9 Å². The van der Waals surface area contributed by atoms with Crippen molar-refractivity contribution in [2.45, 2.75) is 103 Å². The average Bonchev–Trinajstić information content (AvgIpc) is 3.20. The van der Waals surface area contributed by atoms with Crippen LogP contribution in [0.25, 0.3) is 54.9 Å². The van der Waals surface area contributed by atoms with Gasteiger partial charge in [-0.15, -0.1) is 55.4 Å². The first-order valence-corrected chi connectivity index (χ1v) is 21.6. The lowest BCUT2D eigenvalue weighted by Gasteiger charge is -2.16. The zero-order valence-electron chi connectivity index (χ0n) is 32.1. The van der Waals surface area contributed by atoms with Crippen molar-refractivity contribution >= 4 is 109 Å². The van der Waals surface area contributed by atoms with Crippen molar-refractivity contribution in [3.05, 3.63) is 157 Å². The van der Waals surface area contributed by atoms with Gasteiger partial charge in [0, 0.05) is 11.1 Å². The van der Waals surface area contributed by atoms with Crippen molar-refractivity contribution in [3.63, 3.8) is 0 Å². The second-order valence-electron chi connectivity index (χ2n) is 13.4. The molecule has 0 radical (unpaired) electrons. The number of benzene rings is 8. The first-order chi connectivity index (χ1) is 27.0. The molecule has 0 aliphatic heterocycles. The standard InChI is InChI=1S/C20H16P2.C14H16O2P2.C14H16P2.12CH4/c21-17-11-9-13-5-1-3-7-15(13)19(17)20-16-8-4-2-6-14(16)10-12-18(20)22;1-15-9-5-3-7-11(17)13(9)14-10(16-2)6-4-8-12(14)18;1-9-5-3-7-11(15)13(9)14-10(2)6-4-8-12(14)16;;;;;;;;;;;;/h1-12H,21-22H2;3-8H,17-18H2,1-2H3;3-8H,15-16H2,1-2H3;12*1H4. The molecule has 8 aromatic carbocycles. The molecule has 0 bridgehead atoms. The Morgan fingerprint density at radius 1 is 0.265 bits per heavy atom. The minimum absolute atomic E-state index is 0. The largest absolute Gasteiger partial charge is 0.496 e. The van der Waals surface area contributed by atoms with E-state index in [0.717, 1.165) is 33.2 Å². The maximum absolute atomic E-state index is 5.46. The Kier molecular flexibility index (Phi) is 42.1. The zero-order valence-corrected chi connectivity index (χ0v) is 39.1. The second-order valence-corrected chi connectivity index (χ2v) is 17.2. The van der Waals surface area contributed by atoms with E-state index in [1.54, 1.807) is 14.2 Å². The minimum Gasteiger partial charge on any atom is -0.496 e. The lowest BCUT2D eigenvalue weighted by molar-refractivity contribution is 0.411. The number of methoxy groups -OCH3 is 2. The molecule has 0 aliphatic rings. The monoisotopic (exact) mass is 1030 g/mol. The first kappa shape index (κ1) is 78.6. The Bertz CT molecular complexity index is 2450. The molecule has 0 fully saturated rings. The van der Waals surface area contributed by atoms with Crippen LogP contribution in [0.2, 0.25) is 0 Å². The van der Waals surface area contributed by atoms with E-state index in [4.69, 9.17) is 9.47 Å². The Morgan fingerprint density at radius 3 is 0.824 bits per heavy atom. The Balaban J connectivity index is -0.000000153. The van der Waals surface area contributed by atoms with Gasteiger partial charge in [-0.25, -0.2) is 0 Å². The first-order valence-electron chi connectivity index (χ1n) is 18.2. The maximum atomic E-state index is 5.46. The van der Waals surface area contributed by atoms with E-state index < -0.39 is 0 Å². The number of ether oxygens (including phenoxy) is 2. The van der Waals surface area contributed by atoms with Crippen LogP contribution in [-0.2, 0) is 0 Å². The topological polar surface area (TPSA) is 18.5 Å². The quantitative estimate of drug-likeness (QED) is 0.160. The van der Waals surface area contributed by atoms with Crippen LogP contribution < -0.4 is 41.3 Å². The number of fused-ring (bicyclic) bond motifs is 2. The molecule has 378 valence electrons. The molecule has 0 aromatic heterocycles. The molecular formula is C60H96O2P6. The van der Waals surface area contributed by atoms with Crippen molar-refractivity contribution in [2.75, 3.05) is 14.2 Å². The molecular weight excluding hydrogens is 939 g/mol. The molecule has 0 saturated carbocycles. The van der Waals surface area contributed by atoms with E-state index in [-0.39, 0.29) is 89.1 Å². The van der Waals surface area contributed by atoms with Crippen LogP contribution in [0.1, 0.15) is 100 Å². The summed E-state index contributed by atoms with van der Waals surface area (Å²) < 4.78 is 10.9. The van der Waals surface area contributed by atoms with Crippen molar-refractivity contribution in [2.24, 2.45) is 0 Å². The summed E-state index contributed by atoms with van der Waals surface area (Å²) in [5.74, 6) is 1.69. The van der Waals surface area contributed by atoms with Gasteiger partial charge in [0.15, 0.2) is 0 Å². The van der Waals surface area contributed by atoms with Gasteiger partial charge in [0.2, 0.25) is 0 Å². The maximum Gasteiger partial charge on any atom is 0.127 e. The lowest BCUT2D eigenvalue weighted by atomic mass is 9.94. The van der Waals surface area contributed by atoms with Crippen LogP contribution in [0.4, 0.5) is 0 Å². The summed E-state index contributed by atoms with van der Waals surface area (Å²) in [5.41, 5.74) is 10.1. The van der Waals surface area contributed by atoms with E-state index in [9.17, 15) is 0 Å². The smallest absolute Gasteiger partial charge is 0.127 e. The summed E-state index contributed by atoms with van der Waals surface area (Å²) in [7, 11) is 20.3. The third-order valence-electron chi connectivity index (χ3n) is 9.84. The number of rotatable bonds is 5. The predicted octanol–water partition coefficient (Wildman–Crippen LogP) is 17.6. The van der Waals surface area contributed by atoms with Gasteiger partial charge in [0.05, 0.1) is 14.2 Å². The van der Waals surface area contributed by atoms with Gasteiger partial charge in [0.25, 0.3) is 0 Å². The van der Waals surface area contributed by atoms with Crippen molar-refractivity contribution in [1.82, 2.24) is 0 Å². The summed E-state index contributed by atoms with van der Waals surface area (Å²) in [4.78, 5) is 0. The normalized spacial score (nSPS) is 8.79. The van der Waals surface area contributed by atoms with Crippen LogP contribution in [0, 0.1) is 13.8 Å².